The molecule has 18 heavy (non-hydrogen) atoms. The van der Waals surface area contributed by atoms with Gasteiger partial charge in [0.1, 0.15) is 5.82 Å². The van der Waals surface area contributed by atoms with Crippen molar-refractivity contribution in [3.8, 4) is 0 Å². The molecular weight excluding hydrogens is 229 g/mol. The Morgan fingerprint density at radius 3 is 2.78 bits per heavy atom. The molecule has 1 fully saturated rings. The van der Waals surface area contributed by atoms with Crippen LogP contribution in [0.1, 0.15) is 44.0 Å². The minimum atomic E-state index is -0.412. The highest BCUT2D eigenvalue weighted by molar-refractivity contribution is 6.00. The Balaban J connectivity index is 2.44. The number of benzene rings is 1. The molecule has 0 saturated carbocycles. The monoisotopic (exact) mass is 249 g/mol. The van der Waals surface area contributed by atoms with E-state index in [2.05, 4.69) is 18.7 Å². The van der Waals surface area contributed by atoms with Gasteiger partial charge in [0.25, 0.3) is 0 Å². The molecule has 0 aromatic heterocycles. The standard InChI is InChI=1S/C15H20FNO/c1-10-6-5-9-17(11(10)2)14-8-4-7-13(16)15(14)12(3)18/h4,7-8,10-11H,5-6,9H2,1-3H3. The first-order chi connectivity index (χ1) is 8.52. The van der Waals surface area contributed by atoms with E-state index in [1.807, 2.05) is 6.07 Å². The van der Waals surface area contributed by atoms with Crippen molar-refractivity contribution in [2.24, 2.45) is 5.92 Å². The quantitative estimate of drug-likeness (QED) is 0.746. The van der Waals surface area contributed by atoms with Crippen molar-refractivity contribution in [2.75, 3.05) is 11.4 Å². The van der Waals surface area contributed by atoms with E-state index in [-0.39, 0.29) is 11.3 Å². The SMILES string of the molecule is CC(=O)c1c(F)cccc1N1CCCC(C)C1C. The molecule has 2 unspecified atom stereocenters. The Hall–Kier alpha value is -1.38. The predicted molar refractivity (Wildman–Crippen MR) is 71.6 cm³/mol. The van der Waals surface area contributed by atoms with Crippen molar-refractivity contribution in [2.45, 2.75) is 39.7 Å². The van der Waals surface area contributed by atoms with Gasteiger partial charge >= 0.3 is 0 Å². The average molecular weight is 249 g/mol. The molecule has 1 aromatic carbocycles. The highest BCUT2D eigenvalue weighted by Crippen LogP contribution is 2.32. The van der Waals surface area contributed by atoms with Crippen molar-refractivity contribution in [1.82, 2.24) is 0 Å². The van der Waals surface area contributed by atoms with E-state index in [9.17, 15) is 9.18 Å². The van der Waals surface area contributed by atoms with Crippen LogP contribution in [-0.2, 0) is 0 Å². The van der Waals surface area contributed by atoms with Crippen molar-refractivity contribution in [1.29, 1.82) is 0 Å². The van der Waals surface area contributed by atoms with Crippen LogP contribution >= 0.6 is 0 Å². The van der Waals surface area contributed by atoms with Crippen LogP contribution in [0, 0.1) is 11.7 Å². The molecule has 2 rings (SSSR count). The first-order valence-corrected chi connectivity index (χ1v) is 6.58. The Morgan fingerprint density at radius 2 is 2.11 bits per heavy atom. The fourth-order valence-corrected chi connectivity index (χ4v) is 2.78. The molecule has 2 atom stereocenters. The second kappa shape index (κ2) is 5.09. The minimum Gasteiger partial charge on any atom is -0.368 e. The smallest absolute Gasteiger partial charge is 0.164 e. The fourth-order valence-electron chi connectivity index (χ4n) is 2.78. The number of nitrogens with zero attached hydrogens (tertiary/aromatic N) is 1. The van der Waals surface area contributed by atoms with Crippen LogP contribution in [0.3, 0.4) is 0 Å². The van der Waals surface area contributed by atoms with Gasteiger partial charge in [0.05, 0.1) is 11.3 Å². The number of ketones is 1. The van der Waals surface area contributed by atoms with Gasteiger partial charge < -0.3 is 4.90 Å². The van der Waals surface area contributed by atoms with E-state index in [4.69, 9.17) is 0 Å². The summed E-state index contributed by atoms with van der Waals surface area (Å²) in [4.78, 5) is 13.8. The van der Waals surface area contributed by atoms with Gasteiger partial charge in [-0.05, 0) is 44.7 Å². The minimum absolute atomic E-state index is 0.200. The fraction of sp³-hybridized carbons (Fsp3) is 0.533. The van der Waals surface area contributed by atoms with Gasteiger partial charge in [0.15, 0.2) is 5.78 Å². The van der Waals surface area contributed by atoms with Crippen LogP contribution < -0.4 is 4.90 Å². The zero-order valence-electron chi connectivity index (χ0n) is 11.2. The van der Waals surface area contributed by atoms with Crippen LogP contribution in [0.25, 0.3) is 0 Å². The van der Waals surface area contributed by atoms with Gasteiger partial charge in [0, 0.05) is 12.6 Å². The van der Waals surface area contributed by atoms with Crippen molar-refractivity contribution < 1.29 is 9.18 Å². The van der Waals surface area contributed by atoms with Crippen molar-refractivity contribution in [3.05, 3.63) is 29.6 Å². The van der Waals surface area contributed by atoms with E-state index < -0.39 is 5.82 Å². The molecule has 1 aliphatic heterocycles. The van der Waals surface area contributed by atoms with Gasteiger partial charge in [-0.15, -0.1) is 0 Å². The van der Waals surface area contributed by atoms with Crippen LogP contribution in [0.2, 0.25) is 0 Å². The Kier molecular flexibility index (Phi) is 3.69. The van der Waals surface area contributed by atoms with E-state index in [0.717, 1.165) is 18.7 Å². The number of halogens is 1. The Labute approximate surface area is 108 Å². The van der Waals surface area contributed by atoms with E-state index in [1.165, 1.54) is 19.4 Å². The van der Waals surface area contributed by atoms with Gasteiger partial charge in [-0.1, -0.05) is 13.0 Å². The molecule has 0 amide bonds. The molecular formula is C15H20FNO. The predicted octanol–water partition coefficient (Wildman–Crippen LogP) is 3.65. The lowest BCUT2D eigenvalue weighted by molar-refractivity contribution is 0.101. The molecule has 1 aliphatic rings. The maximum absolute atomic E-state index is 13.8. The van der Waals surface area contributed by atoms with Crippen LogP contribution in [-0.4, -0.2) is 18.4 Å². The molecule has 2 nitrogen and oxygen atoms in total. The summed E-state index contributed by atoms with van der Waals surface area (Å²) in [6, 6.07) is 5.24. The highest BCUT2D eigenvalue weighted by atomic mass is 19.1. The zero-order valence-corrected chi connectivity index (χ0v) is 11.2. The molecule has 0 bridgehead atoms. The average Bonchev–Trinajstić information content (AvgIpc) is 2.32. The first kappa shape index (κ1) is 13.1. The summed E-state index contributed by atoms with van der Waals surface area (Å²) in [5.41, 5.74) is 0.986. The summed E-state index contributed by atoms with van der Waals surface area (Å²) >= 11 is 0. The molecule has 98 valence electrons. The van der Waals surface area contributed by atoms with Gasteiger partial charge in [-0.25, -0.2) is 4.39 Å². The summed E-state index contributed by atoms with van der Waals surface area (Å²) in [5.74, 6) is -0.0409. The molecule has 1 saturated heterocycles. The second-order valence-corrected chi connectivity index (χ2v) is 5.24. The molecule has 1 aromatic rings. The van der Waals surface area contributed by atoms with E-state index in [0.29, 0.717) is 12.0 Å². The number of anilines is 1. The largest absolute Gasteiger partial charge is 0.368 e. The van der Waals surface area contributed by atoms with Crippen LogP contribution in [0.15, 0.2) is 18.2 Å². The molecule has 0 spiro atoms. The number of Topliss-reactive ketones (excluding diaryl/α,β-unsaturated/α-hetero) is 1. The number of carbonyl (C=O) groups is 1. The molecule has 3 heteroatoms. The van der Waals surface area contributed by atoms with Crippen molar-refractivity contribution >= 4 is 11.5 Å². The number of carbonyl (C=O) groups excluding carboxylic acids is 1. The summed E-state index contributed by atoms with van der Waals surface area (Å²) in [6.07, 6.45) is 2.29. The number of rotatable bonds is 2. The molecule has 0 N–H and O–H groups in total. The lowest BCUT2D eigenvalue weighted by atomic mass is 9.90. The summed E-state index contributed by atoms with van der Waals surface area (Å²) in [5, 5.41) is 0. The molecule has 0 radical (unpaired) electrons. The van der Waals surface area contributed by atoms with Gasteiger partial charge in [-0.2, -0.15) is 0 Å². The zero-order chi connectivity index (χ0) is 13.3. The van der Waals surface area contributed by atoms with Gasteiger partial charge in [-0.3, -0.25) is 4.79 Å². The number of hydrogen-bond donors (Lipinski definition) is 0. The normalized spacial score (nSPS) is 24.1. The van der Waals surface area contributed by atoms with E-state index in [1.54, 1.807) is 6.07 Å². The highest BCUT2D eigenvalue weighted by Gasteiger charge is 2.28. The summed E-state index contributed by atoms with van der Waals surface area (Å²) in [6.45, 7) is 6.69. The van der Waals surface area contributed by atoms with Crippen molar-refractivity contribution in [3.63, 3.8) is 0 Å². The first-order valence-electron chi connectivity index (χ1n) is 6.58. The number of hydrogen-bond acceptors (Lipinski definition) is 2. The van der Waals surface area contributed by atoms with Gasteiger partial charge in [0.2, 0.25) is 0 Å². The third-order valence-corrected chi connectivity index (χ3v) is 4.03. The van der Waals surface area contributed by atoms with E-state index >= 15 is 0 Å². The third-order valence-electron chi connectivity index (χ3n) is 4.03. The van der Waals surface area contributed by atoms with Crippen LogP contribution in [0.5, 0.6) is 0 Å². The lowest BCUT2D eigenvalue weighted by Crippen LogP contribution is -2.43. The molecule has 0 aliphatic carbocycles. The summed E-state index contributed by atoms with van der Waals surface area (Å²) in [7, 11) is 0. The maximum Gasteiger partial charge on any atom is 0.164 e. The maximum atomic E-state index is 13.8. The summed E-state index contributed by atoms with van der Waals surface area (Å²) < 4.78 is 13.8. The number of piperidine rings is 1. The lowest BCUT2D eigenvalue weighted by Gasteiger charge is -2.40. The van der Waals surface area contributed by atoms with Crippen LogP contribution in [0.4, 0.5) is 10.1 Å². The second-order valence-electron chi connectivity index (χ2n) is 5.24. The topological polar surface area (TPSA) is 20.3 Å². The Bertz CT molecular complexity index is 458. The molecule has 1 heterocycles. The Morgan fingerprint density at radius 1 is 1.39 bits per heavy atom. The third kappa shape index (κ3) is 2.26.